The molecule has 0 aromatic heterocycles. The van der Waals surface area contributed by atoms with Crippen molar-refractivity contribution in [2.75, 3.05) is 32.0 Å². The van der Waals surface area contributed by atoms with Crippen LogP contribution in [0.3, 0.4) is 0 Å². The van der Waals surface area contributed by atoms with Crippen molar-refractivity contribution in [3.8, 4) is 5.75 Å². The Kier molecular flexibility index (Phi) is 2.91. The second-order valence-electron chi connectivity index (χ2n) is 4.65. The van der Waals surface area contributed by atoms with Crippen LogP contribution in [-0.4, -0.2) is 32.4 Å². The molecule has 92 valence electrons. The number of nitrogens with two attached hydrogens (primary N) is 1. The minimum absolute atomic E-state index is 0.259. The molecule has 2 unspecified atom stereocenters. The van der Waals surface area contributed by atoms with E-state index in [2.05, 4.69) is 11.4 Å². The molecule has 2 heterocycles. The van der Waals surface area contributed by atoms with Gasteiger partial charge in [-0.3, -0.25) is 0 Å². The fourth-order valence-electron chi connectivity index (χ4n) is 2.66. The molecular weight excluding hydrogens is 216 g/mol. The molecular formula is C13H18N2O2. The molecule has 0 radical (unpaired) electrons. The zero-order valence-corrected chi connectivity index (χ0v) is 9.82. The number of anilines is 1. The van der Waals surface area contributed by atoms with Crippen LogP contribution in [0.5, 0.6) is 5.75 Å². The Hall–Kier alpha value is -1.26. The van der Waals surface area contributed by atoms with Crippen LogP contribution in [-0.2, 0) is 4.74 Å². The Labute approximate surface area is 101 Å². The zero-order chi connectivity index (χ0) is 11.7. The molecule has 3 rings (SSSR count). The highest BCUT2D eigenvalue weighted by Gasteiger charge is 2.30. The van der Waals surface area contributed by atoms with Gasteiger partial charge in [-0.25, -0.2) is 0 Å². The van der Waals surface area contributed by atoms with Crippen molar-refractivity contribution < 1.29 is 9.47 Å². The quantitative estimate of drug-likeness (QED) is 0.715. The van der Waals surface area contributed by atoms with Crippen LogP contribution < -0.4 is 15.8 Å². The van der Waals surface area contributed by atoms with Gasteiger partial charge in [-0.15, -0.1) is 0 Å². The van der Waals surface area contributed by atoms with Gasteiger partial charge < -0.3 is 20.5 Å². The fraction of sp³-hybridized carbons (Fsp3) is 0.538. The lowest BCUT2D eigenvalue weighted by atomic mass is 9.87. The van der Waals surface area contributed by atoms with E-state index in [9.17, 15) is 0 Å². The molecule has 2 aliphatic heterocycles. The van der Waals surface area contributed by atoms with Crippen molar-refractivity contribution >= 4 is 5.69 Å². The van der Waals surface area contributed by atoms with Gasteiger partial charge in [-0.05, 0) is 12.5 Å². The highest BCUT2D eigenvalue weighted by Crippen LogP contribution is 2.38. The molecule has 0 saturated carbocycles. The van der Waals surface area contributed by atoms with E-state index in [0.717, 1.165) is 44.2 Å². The van der Waals surface area contributed by atoms with Crippen LogP contribution in [0.4, 0.5) is 5.69 Å². The van der Waals surface area contributed by atoms with Crippen LogP contribution in [0.2, 0.25) is 0 Å². The molecule has 0 spiro atoms. The van der Waals surface area contributed by atoms with Gasteiger partial charge in [0.1, 0.15) is 5.75 Å². The van der Waals surface area contributed by atoms with E-state index < -0.39 is 0 Å². The van der Waals surface area contributed by atoms with E-state index in [1.54, 1.807) is 0 Å². The maximum absolute atomic E-state index is 5.86. The Morgan fingerprint density at radius 2 is 2.24 bits per heavy atom. The first-order chi connectivity index (χ1) is 8.34. The van der Waals surface area contributed by atoms with E-state index in [1.807, 2.05) is 12.1 Å². The van der Waals surface area contributed by atoms with Crippen molar-refractivity contribution in [2.24, 2.45) is 0 Å². The number of rotatable bonds is 1. The maximum atomic E-state index is 5.86. The van der Waals surface area contributed by atoms with Gasteiger partial charge in [-0.1, -0.05) is 6.07 Å². The summed E-state index contributed by atoms with van der Waals surface area (Å²) in [5, 5.41) is 3.38. The molecule has 0 amide bonds. The molecule has 17 heavy (non-hydrogen) atoms. The lowest BCUT2D eigenvalue weighted by molar-refractivity contribution is 0.00282. The Bertz CT molecular complexity index is 402. The predicted octanol–water partition coefficient (Wildman–Crippen LogP) is 1.12. The van der Waals surface area contributed by atoms with Gasteiger partial charge in [0.25, 0.3) is 0 Å². The van der Waals surface area contributed by atoms with Crippen LogP contribution in [0, 0.1) is 0 Å². The molecule has 0 aliphatic carbocycles. The van der Waals surface area contributed by atoms with Gasteiger partial charge in [-0.2, -0.15) is 0 Å². The zero-order valence-electron chi connectivity index (χ0n) is 9.82. The number of morpholine rings is 1. The van der Waals surface area contributed by atoms with E-state index >= 15 is 0 Å². The molecule has 4 nitrogen and oxygen atoms in total. The Morgan fingerprint density at radius 3 is 3.06 bits per heavy atom. The molecule has 1 aromatic carbocycles. The van der Waals surface area contributed by atoms with Crippen LogP contribution in [0.15, 0.2) is 18.2 Å². The standard InChI is InChI=1S/C13H18N2O2/c14-9-1-2-10-11(3-5-16-12(10)7-9)13-8-15-4-6-17-13/h1-2,7,11,13,15H,3-6,8,14H2. The van der Waals surface area contributed by atoms with Crippen molar-refractivity contribution in [1.82, 2.24) is 5.32 Å². The van der Waals surface area contributed by atoms with Crippen LogP contribution >= 0.6 is 0 Å². The predicted molar refractivity (Wildman–Crippen MR) is 66.3 cm³/mol. The summed E-state index contributed by atoms with van der Waals surface area (Å²) in [5.74, 6) is 1.35. The van der Waals surface area contributed by atoms with Gasteiger partial charge in [0.05, 0.1) is 19.3 Å². The summed E-state index contributed by atoms with van der Waals surface area (Å²) in [6.45, 7) is 3.43. The topological polar surface area (TPSA) is 56.5 Å². The van der Waals surface area contributed by atoms with Crippen molar-refractivity contribution in [1.29, 1.82) is 0 Å². The van der Waals surface area contributed by atoms with E-state index in [1.165, 1.54) is 5.56 Å². The molecule has 1 aromatic rings. The number of fused-ring (bicyclic) bond motifs is 1. The molecule has 1 fully saturated rings. The van der Waals surface area contributed by atoms with E-state index in [4.69, 9.17) is 15.2 Å². The van der Waals surface area contributed by atoms with Gasteiger partial charge in [0, 0.05) is 36.3 Å². The van der Waals surface area contributed by atoms with Crippen molar-refractivity contribution in [3.05, 3.63) is 23.8 Å². The number of nitrogen functional groups attached to an aromatic ring is 1. The Balaban J connectivity index is 1.88. The lowest BCUT2D eigenvalue weighted by Crippen LogP contribution is -2.43. The average molecular weight is 234 g/mol. The minimum Gasteiger partial charge on any atom is -0.493 e. The van der Waals surface area contributed by atoms with E-state index in [-0.39, 0.29) is 6.10 Å². The Morgan fingerprint density at radius 1 is 1.29 bits per heavy atom. The molecule has 4 heteroatoms. The number of nitrogens with one attached hydrogen (secondary N) is 1. The summed E-state index contributed by atoms with van der Waals surface area (Å²) >= 11 is 0. The molecule has 0 bridgehead atoms. The third-order valence-corrected chi connectivity index (χ3v) is 3.53. The van der Waals surface area contributed by atoms with Gasteiger partial charge in [0.15, 0.2) is 0 Å². The van der Waals surface area contributed by atoms with Crippen LogP contribution in [0.1, 0.15) is 17.9 Å². The summed E-state index contributed by atoms with van der Waals surface area (Å²) in [6.07, 6.45) is 1.28. The first-order valence-electron chi connectivity index (χ1n) is 6.19. The monoisotopic (exact) mass is 234 g/mol. The van der Waals surface area contributed by atoms with Gasteiger partial charge >= 0.3 is 0 Å². The third kappa shape index (κ3) is 2.10. The van der Waals surface area contributed by atoms with E-state index in [0.29, 0.717) is 5.92 Å². The third-order valence-electron chi connectivity index (χ3n) is 3.53. The summed E-state index contributed by atoms with van der Waals surface area (Å²) in [7, 11) is 0. The molecule has 2 aliphatic rings. The summed E-state index contributed by atoms with van der Waals surface area (Å²) < 4.78 is 11.5. The van der Waals surface area contributed by atoms with Crippen molar-refractivity contribution in [2.45, 2.75) is 18.4 Å². The minimum atomic E-state index is 0.259. The smallest absolute Gasteiger partial charge is 0.124 e. The molecule has 3 N–H and O–H groups in total. The number of hydrogen-bond acceptors (Lipinski definition) is 4. The van der Waals surface area contributed by atoms with Crippen molar-refractivity contribution in [3.63, 3.8) is 0 Å². The summed E-state index contributed by atoms with van der Waals surface area (Å²) in [4.78, 5) is 0. The second kappa shape index (κ2) is 4.55. The molecule has 1 saturated heterocycles. The molecule has 2 atom stereocenters. The van der Waals surface area contributed by atoms with Gasteiger partial charge in [0.2, 0.25) is 0 Å². The normalized spacial score (nSPS) is 28.2. The summed E-state index contributed by atoms with van der Waals surface area (Å²) in [5.41, 5.74) is 7.77. The highest BCUT2D eigenvalue weighted by molar-refractivity contribution is 5.50. The first-order valence-corrected chi connectivity index (χ1v) is 6.19. The largest absolute Gasteiger partial charge is 0.493 e. The average Bonchev–Trinajstić information content (AvgIpc) is 2.39. The lowest BCUT2D eigenvalue weighted by Gasteiger charge is -2.34. The number of ether oxygens (including phenoxy) is 2. The number of benzene rings is 1. The summed E-state index contributed by atoms with van der Waals surface area (Å²) in [6, 6.07) is 5.93. The fourth-order valence-corrected chi connectivity index (χ4v) is 2.66. The highest BCUT2D eigenvalue weighted by atomic mass is 16.5. The first kappa shape index (κ1) is 10.9. The number of hydrogen-bond donors (Lipinski definition) is 2. The maximum Gasteiger partial charge on any atom is 0.124 e. The second-order valence-corrected chi connectivity index (χ2v) is 4.65. The van der Waals surface area contributed by atoms with Crippen LogP contribution in [0.25, 0.3) is 0 Å². The SMILES string of the molecule is Nc1ccc2c(c1)OCCC2C1CNCCO1.